The summed E-state index contributed by atoms with van der Waals surface area (Å²) in [6.45, 7) is 0. The van der Waals surface area contributed by atoms with Gasteiger partial charge in [0.25, 0.3) is 0 Å². The van der Waals surface area contributed by atoms with Gasteiger partial charge in [0.15, 0.2) is 0 Å². The maximum Gasteiger partial charge on any atom is 0.243 e. The molecule has 1 aliphatic rings. The highest BCUT2D eigenvalue weighted by molar-refractivity contribution is 5.84. The highest BCUT2D eigenvalue weighted by Crippen LogP contribution is 2.21. The second-order valence-electron chi connectivity index (χ2n) is 6.12. The average molecular weight is 341 g/mol. The lowest BCUT2D eigenvalue weighted by Crippen LogP contribution is -2.47. The highest BCUT2D eigenvalue weighted by Gasteiger charge is 2.28. The maximum absolute atomic E-state index is 12.9. The zero-order valence-corrected chi connectivity index (χ0v) is 13.7. The molecule has 0 radical (unpaired) electrons. The van der Waals surface area contributed by atoms with Crippen molar-refractivity contribution in [1.82, 2.24) is 16.2 Å². The van der Waals surface area contributed by atoms with E-state index < -0.39 is 6.04 Å². The minimum absolute atomic E-state index is 0.0963. The third kappa shape index (κ3) is 5.12. The van der Waals surface area contributed by atoms with Gasteiger partial charge in [-0.3, -0.25) is 15.0 Å². The molecule has 1 atom stereocenters. The summed E-state index contributed by atoms with van der Waals surface area (Å²) in [5.41, 5.74) is 6.85. The van der Waals surface area contributed by atoms with Crippen molar-refractivity contribution in [3.63, 3.8) is 0 Å². The van der Waals surface area contributed by atoms with E-state index in [1.54, 1.807) is 12.1 Å². The van der Waals surface area contributed by atoms with Crippen LogP contribution in [0.4, 0.5) is 4.39 Å². The van der Waals surface area contributed by atoms with Crippen molar-refractivity contribution in [3.8, 4) is 0 Å². The first-order chi connectivity index (χ1) is 12.1. The zero-order valence-electron chi connectivity index (χ0n) is 13.7. The third-order valence-corrected chi connectivity index (χ3v) is 3.95. The van der Waals surface area contributed by atoms with Crippen molar-refractivity contribution in [2.24, 2.45) is 0 Å². The molecule has 0 bridgehead atoms. The van der Waals surface area contributed by atoms with Crippen molar-refractivity contribution < 1.29 is 14.0 Å². The molecular formula is C19H20FN3O2. The summed E-state index contributed by atoms with van der Waals surface area (Å²) in [7, 11) is 0. The summed E-state index contributed by atoms with van der Waals surface area (Å²) in [5, 5.41) is 2.94. The molecule has 0 heterocycles. The summed E-state index contributed by atoms with van der Waals surface area (Å²) in [6, 6.07) is 14.5. The standard InChI is InChI=1S/C19H20FN3O2/c20-15-8-6-13(7-9-15)12-17(24)22-23-18(14-4-2-1-3-5-14)19(25)21-16-10-11-16/h1-9,16,18,23H,10-12H2,(H,21,25)(H,22,24). The van der Waals surface area contributed by atoms with E-state index in [2.05, 4.69) is 16.2 Å². The Hall–Kier alpha value is -2.73. The molecule has 25 heavy (non-hydrogen) atoms. The van der Waals surface area contributed by atoms with Crippen LogP contribution in [0.15, 0.2) is 54.6 Å². The first kappa shape index (κ1) is 17.1. The van der Waals surface area contributed by atoms with Crippen LogP contribution in [0.5, 0.6) is 0 Å². The largest absolute Gasteiger partial charge is 0.352 e. The Labute approximate surface area is 145 Å². The molecule has 2 amide bonds. The monoisotopic (exact) mass is 341 g/mol. The number of hydrazine groups is 1. The van der Waals surface area contributed by atoms with Crippen LogP contribution in [0, 0.1) is 5.82 Å². The molecule has 1 unspecified atom stereocenters. The molecule has 1 saturated carbocycles. The van der Waals surface area contributed by atoms with Gasteiger partial charge in [0, 0.05) is 6.04 Å². The van der Waals surface area contributed by atoms with Crippen LogP contribution in [-0.4, -0.2) is 17.9 Å². The Morgan fingerprint density at radius 2 is 1.72 bits per heavy atom. The first-order valence-corrected chi connectivity index (χ1v) is 8.26. The lowest BCUT2D eigenvalue weighted by molar-refractivity contribution is -0.125. The number of rotatable bonds is 7. The third-order valence-electron chi connectivity index (χ3n) is 3.95. The SMILES string of the molecule is O=C(Cc1ccc(F)cc1)NNC(C(=O)NC1CC1)c1ccccc1. The summed E-state index contributed by atoms with van der Waals surface area (Å²) < 4.78 is 12.9. The molecule has 2 aromatic carbocycles. The van der Waals surface area contributed by atoms with Crippen LogP contribution >= 0.6 is 0 Å². The van der Waals surface area contributed by atoms with Crippen molar-refractivity contribution in [2.45, 2.75) is 31.3 Å². The smallest absolute Gasteiger partial charge is 0.243 e. The molecule has 0 aliphatic heterocycles. The van der Waals surface area contributed by atoms with E-state index in [4.69, 9.17) is 0 Å². The van der Waals surface area contributed by atoms with E-state index in [9.17, 15) is 14.0 Å². The number of carbonyl (C=O) groups is 2. The van der Waals surface area contributed by atoms with Gasteiger partial charge in [0.05, 0.1) is 6.42 Å². The van der Waals surface area contributed by atoms with Crippen LogP contribution in [0.1, 0.15) is 30.0 Å². The topological polar surface area (TPSA) is 70.2 Å². The van der Waals surface area contributed by atoms with E-state index in [1.807, 2.05) is 30.3 Å². The van der Waals surface area contributed by atoms with Crippen LogP contribution in [0.3, 0.4) is 0 Å². The molecule has 5 nitrogen and oxygen atoms in total. The van der Waals surface area contributed by atoms with Crippen molar-refractivity contribution in [2.75, 3.05) is 0 Å². The van der Waals surface area contributed by atoms with Gasteiger partial charge < -0.3 is 5.32 Å². The van der Waals surface area contributed by atoms with Crippen LogP contribution in [-0.2, 0) is 16.0 Å². The molecule has 0 spiro atoms. The molecule has 0 aromatic heterocycles. The van der Waals surface area contributed by atoms with Gasteiger partial charge >= 0.3 is 0 Å². The predicted octanol–water partition coefficient (Wildman–Crippen LogP) is 2.01. The van der Waals surface area contributed by atoms with Crippen LogP contribution < -0.4 is 16.2 Å². The number of halogens is 1. The summed E-state index contributed by atoms with van der Waals surface area (Å²) in [6.07, 6.45) is 2.08. The molecule has 1 fully saturated rings. The molecule has 6 heteroatoms. The van der Waals surface area contributed by atoms with Gasteiger partial charge in [-0.05, 0) is 36.1 Å². The van der Waals surface area contributed by atoms with E-state index in [0.29, 0.717) is 5.56 Å². The van der Waals surface area contributed by atoms with E-state index in [1.165, 1.54) is 12.1 Å². The van der Waals surface area contributed by atoms with Gasteiger partial charge in [0.2, 0.25) is 11.8 Å². The fraction of sp³-hybridized carbons (Fsp3) is 0.263. The maximum atomic E-state index is 12.9. The quantitative estimate of drug-likeness (QED) is 0.675. The molecule has 2 aromatic rings. The first-order valence-electron chi connectivity index (χ1n) is 8.26. The molecular weight excluding hydrogens is 321 g/mol. The van der Waals surface area contributed by atoms with Crippen molar-refractivity contribution >= 4 is 11.8 Å². The van der Waals surface area contributed by atoms with Gasteiger partial charge in [-0.1, -0.05) is 42.5 Å². The normalized spacial score (nSPS) is 14.6. The van der Waals surface area contributed by atoms with Gasteiger partial charge in [-0.15, -0.1) is 0 Å². The Bertz CT molecular complexity index is 730. The number of nitrogens with one attached hydrogen (secondary N) is 3. The fourth-order valence-electron chi connectivity index (χ4n) is 2.44. The van der Waals surface area contributed by atoms with Gasteiger partial charge in [-0.25, -0.2) is 9.82 Å². The highest BCUT2D eigenvalue weighted by atomic mass is 19.1. The van der Waals surface area contributed by atoms with Crippen molar-refractivity contribution in [3.05, 3.63) is 71.5 Å². The zero-order chi connectivity index (χ0) is 17.6. The van der Waals surface area contributed by atoms with Crippen molar-refractivity contribution in [1.29, 1.82) is 0 Å². The second-order valence-corrected chi connectivity index (χ2v) is 6.12. The Kier molecular flexibility index (Phi) is 5.40. The Balaban J connectivity index is 1.60. The molecule has 1 aliphatic carbocycles. The van der Waals surface area contributed by atoms with E-state index >= 15 is 0 Å². The van der Waals surface area contributed by atoms with Crippen LogP contribution in [0.2, 0.25) is 0 Å². The lowest BCUT2D eigenvalue weighted by atomic mass is 10.1. The van der Waals surface area contributed by atoms with Crippen LogP contribution in [0.25, 0.3) is 0 Å². The summed E-state index contributed by atoms with van der Waals surface area (Å²) in [4.78, 5) is 24.5. The predicted molar refractivity (Wildman–Crippen MR) is 91.7 cm³/mol. The molecule has 0 saturated heterocycles. The van der Waals surface area contributed by atoms with Gasteiger partial charge in [-0.2, -0.15) is 0 Å². The number of benzene rings is 2. The summed E-state index contributed by atoms with van der Waals surface area (Å²) in [5.74, 6) is -0.814. The molecule has 3 rings (SSSR count). The molecule has 130 valence electrons. The fourth-order valence-corrected chi connectivity index (χ4v) is 2.44. The minimum atomic E-state index is -0.668. The van der Waals surface area contributed by atoms with E-state index in [-0.39, 0.29) is 30.1 Å². The Morgan fingerprint density at radius 3 is 2.36 bits per heavy atom. The summed E-state index contributed by atoms with van der Waals surface area (Å²) >= 11 is 0. The molecule has 3 N–H and O–H groups in total. The second kappa shape index (κ2) is 7.90. The number of amides is 2. The minimum Gasteiger partial charge on any atom is -0.352 e. The van der Waals surface area contributed by atoms with E-state index in [0.717, 1.165) is 18.4 Å². The average Bonchev–Trinajstić information content (AvgIpc) is 3.42. The van der Waals surface area contributed by atoms with Gasteiger partial charge in [0.1, 0.15) is 11.9 Å². The Morgan fingerprint density at radius 1 is 1.04 bits per heavy atom. The number of hydrogen-bond donors (Lipinski definition) is 3. The number of hydrogen-bond acceptors (Lipinski definition) is 3. The lowest BCUT2D eigenvalue weighted by Gasteiger charge is -2.19. The number of carbonyl (C=O) groups excluding carboxylic acids is 2.